The first-order valence-corrected chi connectivity index (χ1v) is 11.0. The second-order valence-electron chi connectivity index (χ2n) is 7.86. The second kappa shape index (κ2) is 8.05. The molecule has 1 aliphatic rings. The summed E-state index contributed by atoms with van der Waals surface area (Å²) in [7, 11) is 0. The Hall–Kier alpha value is -3.78. The van der Waals surface area contributed by atoms with Crippen molar-refractivity contribution in [1.29, 1.82) is 0 Å². The standard InChI is InChI=1S/C24H20N4O3S/c1-24(22(29)27-23(30)28-24)12-11-15-7-9-17(10-8-15)31-20-18-13-19(16-5-3-2-4-6-16)32-21(18)26-14-25-20/h2-10,13-14H,11-12H2,1H3,(H2,27,28,29,30)/t24-/m0/s1. The van der Waals surface area contributed by atoms with Gasteiger partial charge in [-0.25, -0.2) is 14.8 Å². The number of urea groups is 1. The SMILES string of the molecule is C[C@@]1(CCc2ccc(Oc3ncnc4sc(-c5ccccc5)cc34)cc2)NC(=O)NC1=O. The monoisotopic (exact) mass is 444 g/mol. The van der Waals surface area contributed by atoms with Gasteiger partial charge < -0.3 is 10.1 Å². The van der Waals surface area contributed by atoms with Gasteiger partial charge in [-0.15, -0.1) is 11.3 Å². The lowest BCUT2D eigenvalue weighted by molar-refractivity contribution is -0.123. The number of benzene rings is 2. The largest absolute Gasteiger partial charge is 0.438 e. The maximum atomic E-state index is 12.0. The minimum Gasteiger partial charge on any atom is -0.438 e. The molecule has 0 saturated carbocycles. The van der Waals surface area contributed by atoms with Crippen LogP contribution >= 0.6 is 11.3 Å². The Balaban J connectivity index is 1.31. The second-order valence-corrected chi connectivity index (χ2v) is 8.89. The fourth-order valence-corrected chi connectivity index (χ4v) is 4.64. The Morgan fingerprint density at radius 3 is 2.53 bits per heavy atom. The van der Waals surface area contributed by atoms with Gasteiger partial charge in [0.2, 0.25) is 5.88 Å². The number of rotatable bonds is 6. The first-order chi connectivity index (χ1) is 15.5. The molecule has 0 bridgehead atoms. The fourth-order valence-electron chi connectivity index (χ4n) is 3.65. The fraction of sp³-hybridized carbons (Fsp3) is 0.167. The maximum absolute atomic E-state index is 12.0. The zero-order chi connectivity index (χ0) is 22.1. The molecule has 0 unspecified atom stereocenters. The van der Waals surface area contributed by atoms with Crippen LogP contribution in [0.4, 0.5) is 4.79 Å². The third-order valence-electron chi connectivity index (χ3n) is 5.52. The number of fused-ring (bicyclic) bond motifs is 1. The lowest BCUT2D eigenvalue weighted by atomic mass is 9.93. The summed E-state index contributed by atoms with van der Waals surface area (Å²) in [5.41, 5.74) is 1.29. The molecule has 1 aliphatic heterocycles. The van der Waals surface area contributed by atoms with E-state index in [0.29, 0.717) is 24.5 Å². The highest BCUT2D eigenvalue weighted by Crippen LogP contribution is 2.37. The predicted octanol–water partition coefficient (Wildman–Crippen LogP) is 4.68. The van der Waals surface area contributed by atoms with E-state index in [1.807, 2.05) is 42.5 Å². The number of carbonyl (C=O) groups is 2. The van der Waals surface area contributed by atoms with E-state index in [-0.39, 0.29) is 5.91 Å². The average Bonchev–Trinajstić information content (AvgIpc) is 3.35. The topological polar surface area (TPSA) is 93.2 Å². The van der Waals surface area contributed by atoms with E-state index in [2.05, 4.69) is 38.8 Å². The Labute approximate surface area is 188 Å². The van der Waals surface area contributed by atoms with Crippen LogP contribution in [0.15, 0.2) is 67.0 Å². The first kappa shape index (κ1) is 20.1. The van der Waals surface area contributed by atoms with Crippen LogP contribution in [0, 0.1) is 0 Å². The Kier molecular flexibility index (Phi) is 5.07. The smallest absolute Gasteiger partial charge is 0.322 e. The highest BCUT2D eigenvalue weighted by Gasteiger charge is 2.41. The zero-order valence-electron chi connectivity index (χ0n) is 17.3. The molecule has 0 aliphatic carbocycles. The molecule has 4 aromatic rings. The van der Waals surface area contributed by atoms with Crippen LogP contribution in [-0.2, 0) is 11.2 Å². The van der Waals surface area contributed by atoms with E-state index in [4.69, 9.17) is 4.74 Å². The number of hydrogen-bond acceptors (Lipinski definition) is 6. The summed E-state index contributed by atoms with van der Waals surface area (Å²) in [5, 5.41) is 5.85. The maximum Gasteiger partial charge on any atom is 0.322 e. The van der Waals surface area contributed by atoms with Crippen LogP contribution in [-0.4, -0.2) is 27.4 Å². The summed E-state index contributed by atoms with van der Waals surface area (Å²) in [6.45, 7) is 1.73. The number of thiophene rings is 1. The summed E-state index contributed by atoms with van der Waals surface area (Å²) in [6.07, 6.45) is 2.67. The van der Waals surface area contributed by atoms with Crippen LogP contribution in [0.25, 0.3) is 20.7 Å². The van der Waals surface area contributed by atoms with Crippen molar-refractivity contribution >= 4 is 33.5 Å². The van der Waals surface area contributed by atoms with Gasteiger partial charge in [0.25, 0.3) is 5.91 Å². The van der Waals surface area contributed by atoms with Crippen LogP contribution in [0.3, 0.4) is 0 Å². The van der Waals surface area contributed by atoms with Gasteiger partial charge in [0.1, 0.15) is 22.4 Å². The number of nitrogens with zero attached hydrogens (tertiary/aromatic N) is 2. The van der Waals surface area contributed by atoms with Crippen molar-refractivity contribution in [2.24, 2.45) is 0 Å². The number of imide groups is 1. The molecule has 1 saturated heterocycles. The van der Waals surface area contributed by atoms with Crippen molar-refractivity contribution in [3.63, 3.8) is 0 Å². The number of ether oxygens (including phenoxy) is 1. The Morgan fingerprint density at radius 2 is 1.81 bits per heavy atom. The number of aryl methyl sites for hydroxylation is 1. The van der Waals surface area contributed by atoms with Gasteiger partial charge in [-0.1, -0.05) is 42.5 Å². The van der Waals surface area contributed by atoms with Gasteiger partial charge in [0, 0.05) is 4.88 Å². The Morgan fingerprint density at radius 1 is 1.03 bits per heavy atom. The summed E-state index contributed by atoms with van der Waals surface area (Å²) >= 11 is 1.60. The van der Waals surface area contributed by atoms with Gasteiger partial charge in [-0.2, -0.15) is 0 Å². The van der Waals surface area contributed by atoms with Gasteiger partial charge in [-0.3, -0.25) is 10.1 Å². The van der Waals surface area contributed by atoms with Crippen LogP contribution in [0.1, 0.15) is 18.9 Å². The normalized spacial score (nSPS) is 17.9. The predicted molar refractivity (Wildman–Crippen MR) is 123 cm³/mol. The molecule has 3 heterocycles. The van der Waals surface area contributed by atoms with Crippen LogP contribution in [0.5, 0.6) is 11.6 Å². The molecule has 2 aromatic carbocycles. The van der Waals surface area contributed by atoms with Crippen molar-refractivity contribution in [3.05, 3.63) is 72.6 Å². The lowest BCUT2D eigenvalue weighted by Gasteiger charge is -2.20. The highest BCUT2D eigenvalue weighted by atomic mass is 32.1. The number of carbonyl (C=O) groups excluding carboxylic acids is 2. The third kappa shape index (κ3) is 3.92. The first-order valence-electron chi connectivity index (χ1n) is 10.2. The minimum atomic E-state index is -0.881. The van der Waals surface area contributed by atoms with E-state index >= 15 is 0 Å². The summed E-state index contributed by atoms with van der Waals surface area (Å²) in [5.74, 6) is 0.888. The summed E-state index contributed by atoms with van der Waals surface area (Å²) in [4.78, 5) is 34.1. The van der Waals surface area contributed by atoms with Gasteiger partial charge in [0.15, 0.2) is 0 Å². The van der Waals surface area contributed by atoms with Crippen molar-refractivity contribution in [2.75, 3.05) is 0 Å². The molecule has 7 nitrogen and oxygen atoms in total. The van der Waals surface area contributed by atoms with E-state index in [0.717, 1.165) is 26.2 Å². The molecule has 2 aromatic heterocycles. The van der Waals surface area contributed by atoms with Crippen LogP contribution in [0.2, 0.25) is 0 Å². The van der Waals surface area contributed by atoms with Gasteiger partial charge in [-0.05, 0) is 49.1 Å². The number of aromatic nitrogens is 2. The van der Waals surface area contributed by atoms with Crippen molar-refractivity contribution < 1.29 is 14.3 Å². The van der Waals surface area contributed by atoms with Crippen molar-refractivity contribution in [3.8, 4) is 22.1 Å². The lowest BCUT2D eigenvalue weighted by Crippen LogP contribution is -2.43. The van der Waals surface area contributed by atoms with Crippen molar-refractivity contribution in [2.45, 2.75) is 25.3 Å². The molecule has 0 spiro atoms. The molecule has 160 valence electrons. The number of nitrogens with one attached hydrogen (secondary N) is 2. The van der Waals surface area contributed by atoms with E-state index in [9.17, 15) is 9.59 Å². The molecular weight excluding hydrogens is 424 g/mol. The molecule has 1 atom stereocenters. The van der Waals surface area contributed by atoms with Crippen LogP contribution < -0.4 is 15.4 Å². The third-order valence-corrected chi connectivity index (χ3v) is 6.61. The quantitative estimate of drug-likeness (QED) is 0.421. The highest BCUT2D eigenvalue weighted by molar-refractivity contribution is 7.21. The molecular formula is C24H20N4O3S. The molecule has 32 heavy (non-hydrogen) atoms. The Bertz CT molecular complexity index is 1300. The average molecular weight is 445 g/mol. The molecule has 1 fully saturated rings. The van der Waals surface area contributed by atoms with E-state index in [1.165, 1.54) is 6.33 Å². The van der Waals surface area contributed by atoms with Gasteiger partial charge >= 0.3 is 6.03 Å². The van der Waals surface area contributed by atoms with Gasteiger partial charge in [0.05, 0.1) is 5.39 Å². The molecule has 2 N–H and O–H groups in total. The summed E-state index contributed by atoms with van der Waals surface area (Å²) < 4.78 is 6.06. The molecule has 5 rings (SSSR count). The van der Waals surface area contributed by atoms with Crippen molar-refractivity contribution in [1.82, 2.24) is 20.6 Å². The molecule has 0 radical (unpaired) electrons. The minimum absolute atomic E-state index is 0.291. The number of amides is 3. The molecule has 3 amide bonds. The van der Waals surface area contributed by atoms with E-state index in [1.54, 1.807) is 18.3 Å². The number of hydrogen-bond donors (Lipinski definition) is 2. The zero-order valence-corrected chi connectivity index (χ0v) is 18.1. The molecule has 8 heteroatoms. The van der Waals surface area contributed by atoms with E-state index < -0.39 is 11.6 Å². The summed E-state index contributed by atoms with van der Waals surface area (Å²) in [6, 6.07) is 19.4.